The van der Waals surface area contributed by atoms with E-state index in [4.69, 9.17) is 9.90 Å². The molecule has 3 aromatic heterocycles. The molecule has 19 heteroatoms. The van der Waals surface area contributed by atoms with Gasteiger partial charge in [0.1, 0.15) is 0 Å². The Hall–Kier alpha value is -2.95. The monoisotopic (exact) mass is 581 g/mol. The Morgan fingerprint density at radius 3 is 1.03 bits per heavy atom. The first-order valence-corrected chi connectivity index (χ1v) is 9.48. The molecule has 0 bridgehead atoms. The van der Waals surface area contributed by atoms with Gasteiger partial charge >= 0.3 is 42.7 Å². The van der Waals surface area contributed by atoms with E-state index in [1.54, 1.807) is 0 Å². The topological polar surface area (TPSA) is 93.6 Å². The molecule has 0 aliphatic rings. The van der Waals surface area contributed by atoms with Crippen molar-refractivity contribution in [1.29, 1.82) is 0 Å². The molecule has 0 aliphatic heterocycles. The molecule has 0 amide bonds. The van der Waals surface area contributed by atoms with Crippen LogP contribution >= 0.6 is 0 Å². The Kier molecular flexibility index (Phi) is 9.14. The van der Waals surface area contributed by atoms with E-state index in [-0.39, 0.29) is 34.2 Å². The molecule has 0 saturated carbocycles. The van der Waals surface area contributed by atoms with E-state index in [9.17, 15) is 39.5 Å². The van der Waals surface area contributed by atoms with Gasteiger partial charge in [0.2, 0.25) is 0 Å². The summed E-state index contributed by atoms with van der Waals surface area (Å²) in [6.07, 6.45) is -14.6. The van der Waals surface area contributed by atoms with Gasteiger partial charge in [0.25, 0.3) is 0 Å². The van der Waals surface area contributed by atoms with Crippen LogP contribution in [-0.4, -0.2) is 42.2 Å². The van der Waals surface area contributed by atoms with Crippen molar-refractivity contribution in [3.8, 4) is 0 Å². The van der Waals surface area contributed by atoms with Gasteiger partial charge in [0, 0.05) is 5.97 Å². The molecule has 36 heavy (non-hydrogen) atoms. The van der Waals surface area contributed by atoms with Crippen LogP contribution in [0.5, 0.6) is 0 Å². The van der Waals surface area contributed by atoms with E-state index >= 15 is 0 Å². The molecule has 0 saturated heterocycles. The molecule has 3 rings (SSSR count). The predicted octanol–water partition coefficient (Wildman–Crippen LogP) is 2.67. The minimum Gasteiger partial charge on any atom is -0.550 e. The zero-order valence-electron chi connectivity index (χ0n) is 18.6. The van der Waals surface area contributed by atoms with Gasteiger partial charge in [-0.3, -0.25) is 0 Å². The van der Waals surface area contributed by atoms with E-state index < -0.39 is 48.7 Å². The Morgan fingerprint density at radius 1 is 0.694 bits per heavy atom. The Morgan fingerprint density at radius 2 is 0.889 bits per heavy atom. The van der Waals surface area contributed by atoms with Crippen molar-refractivity contribution in [2.75, 3.05) is 0 Å². The fourth-order valence-corrected chi connectivity index (χ4v) is 3.19. The van der Waals surface area contributed by atoms with E-state index in [0.29, 0.717) is 32.0 Å². The molecule has 3 heterocycles. The summed E-state index contributed by atoms with van der Waals surface area (Å²) in [5.74, 6) is -1.08. The summed E-state index contributed by atoms with van der Waals surface area (Å²) in [7, 11) is -2.92. The van der Waals surface area contributed by atoms with Crippen molar-refractivity contribution in [3.63, 3.8) is 0 Å². The number of aryl methyl sites for hydroxylation is 3. The van der Waals surface area contributed by atoms with Crippen LogP contribution in [0.25, 0.3) is 0 Å². The molecular formula is C17H16BCuF9N6O2. The largest absolute Gasteiger partial charge is 2.00 e. The third-order valence-electron chi connectivity index (χ3n) is 4.62. The van der Waals surface area contributed by atoms with Crippen LogP contribution in [0.2, 0.25) is 0 Å². The maximum absolute atomic E-state index is 13.1. The number of aliphatic carboxylic acids is 1. The molecule has 0 aliphatic carbocycles. The molecule has 0 aromatic carbocycles. The summed E-state index contributed by atoms with van der Waals surface area (Å²) in [6, 6.07) is 1.90. The van der Waals surface area contributed by atoms with Gasteiger partial charge in [-0.2, -0.15) is 39.5 Å². The molecule has 3 aromatic rings. The van der Waals surface area contributed by atoms with Crippen molar-refractivity contribution in [2.45, 2.75) is 46.2 Å². The van der Waals surface area contributed by atoms with Crippen molar-refractivity contribution >= 4 is 13.1 Å². The van der Waals surface area contributed by atoms with E-state index in [0.717, 1.165) is 6.92 Å². The van der Waals surface area contributed by atoms with Crippen LogP contribution in [0, 0.1) is 20.8 Å². The smallest absolute Gasteiger partial charge is 0.550 e. The fourth-order valence-electron chi connectivity index (χ4n) is 3.19. The number of halogens is 9. The molecule has 0 fully saturated rings. The van der Waals surface area contributed by atoms with Gasteiger partial charge in [0.15, 0.2) is 17.1 Å². The maximum atomic E-state index is 13.1. The summed E-state index contributed by atoms with van der Waals surface area (Å²) in [5, 5.41) is 19.1. The van der Waals surface area contributed by atoms with Gasteiger partial charge in [-0.05, 0) is 63.0 Å². The molecule has 1 radical (unpaired) electrons. The quantitative estimate of drug-likeness (QED) is 0.350. The van der Waals surface area contributed by atoms with Crippen LogP contribution < -0.4 is 5.11 Å². The predicted molar refractivity (Wildman–Crippen MR) is 99.9 cm³/mol. The van der Waals surface area contributed by atoms with Gasteiger partial charge in [-0.25, -0.2) is 15.3 Å². The molecule has 0 atom stereocenters. The average Bonchev–Trinajstić information content (AvgIpc) is 3.33. The first-order chi connectivity index (χ1) is 15.7. The minimum absolute atomic E-state index is 0. The van der Waals surface area contributed by atoms with Crippen LogP contribution in [0.1, 0.15) is 41.1 Å². The minimum atomic E-state index is -4.88. The second-order valence-electron chi connectivity index (χ2n) is 7.42. The van der Waals surface area contributed by atoms with Crippen molar-refractivity contribution in [3.05, 3.63) is 52.4 Å². The van der Waals surface area contributed by atoms with E-state index in [1.807, 2.05) is 0 Å². The van der Waals surface area contributed by atoms with Crippen LogP contribution in [0.4, 0.5) is 39.5 Å². The van der Waals surface area contributed by atoms with Crippen LogP contribution in [0.15, 0.2) is 18.2 Å². The number of carboxylic acid groups (broad SMARTS) is 1. The third-order valence-corrected chi connectivity index (χ3v) is 4.62. The summed E-state index contributed by atoms with van der Waals surface area (Å²) in [4.78, 5) is 8.89. The average molecular weight is 582 g/mol. The standard InChI is InChI=1S/C15H13BF9N6.C2H4O2.Cu/c1-7-4-10(13(17,18)19)26-29(7)16(30-8(2)5-11(27-30)14(20,21)22)31-9(3)6-12(28-31)15(23,24)25;1-2(3)4;/h4-6,16H,1-3H3;1H3,(H,3,4);/q-1;;+2/p-1. The summed E-state index contributed by atoms with van der Waals surface area (Å²) in [5.41, 5.74) is -4.53. The first kappa shape index (κ1) is 31.1. The SMILES string of the molecule is CC(=O)[O-].Cc1cc(C(F)(F)F)nn1[BH-](n1nc(C(F)(F)F)cc1C)n1nc(C(F)(F)F)cc1C.[Cu+2]. The van der Waals surface area contributed by atoms with Gasteiger partial charge < -0.3 is 23.7 Å². The zero-order chi connectivity index (χ0) is 27.1. The molecule has 0 unspecified atom stereocenters. The number of carbonyl (C=O) groups is 1. The van der Waals surface area contributed by atoms with E-state index in [2.05, 4.69) is 15.3 Å². The number of hydrogen-bond acceptors (Lipinski definition) is 5. The van der Waals surface area contributed by atoms with Crippen molar-refractivity contribution in [2.24, 2.45) is 0 Å². The van der Waals surface area contributed by atoms with E-state index in [1.165, 1.54) is 20.8 Å². The number of nitrogens with zero attached hydrogens (tertiary/aromatic N) is 6. The third kappa shape index (κ3) is 7.06. The number of carbonyl (C=O) groups excluding carboxylic acids is 1. The van der Waals surface area contributed by atoms with Gasteiger partial charge in [-0.1, -0.05) is 0 Å². The summed E-state index contributed by atoms with van der Waals surface area (Å²) >= 11 is 0. The second kappa shape index (κ2) is 10.6. The molecule has 203 valence electrons. The Labute approximate surface area is 207 Å². The Balaban J connectivity index is 0.00000120. The Bertz CT molecular complexity index is 1070. The van der Waals surface area contributed by atoms with Crippen LogP contribution in [0.3, 0.4) is 0 Å². The summed E-state index contributed by atoms with van der Waals surface area (Å²) < 4.78 is 120. The number of aromatic nitrogens is 6. The van der Waals surface area contributed by atoms with Crippen molar-refractivity contribution in [1.82, 2.24) is 29.1 Å². The molecule has 8 nitrogen and oxygen atoms in total. The fraction of sp³-hybridized carbons (Fsp3) is 0.412. The normalized spacial score (nSPS) is 12.3. The summed E-state index contributed by atoms with van der Waals surface area (Å²) in [6.45, 7) is 4.54. The molecule has 0 N–H and O–H groups in total. The van der Waals surface area contributed by atoms with Crippen molar-refractivity contribution < 1.29 is 66.5 Å². The maximum Gasteiger partial charge on any atom is 2.00 e. The van der Waals surface area contributed by atoms with Gasteiger partial charge in [-0.15, -0.1) is 0 Å². The van der Waals surface area contributed by atoms with Crippen LogP contribution in [-0.2, 0) is 40.4 Å². The zero-order valence-corrected chi connectivity index (χ0v) is 19.6. The number of carboxylic acids is 1. The van der Waals surface area contributed by atoms with Gasteiger partial charge in [0.05, 0.1) is 0 Å². The molecular weight excluding hydrogens is 566 g/mol. The number of rotatable bonds is 3. The number of alkyl halides is 9. The second-order valence-corrected chi connectivity index (χ2v) is 7.42. The number of hydrogen-bond donors (Lipinski definition) is 0. The molecule has 0 spiro atoms. The first-order valence-electron chi connectivity index (χ1n) is 9.48.